The highest BCUT2D eigenvalue weighted by molar-refractivity contribution is 4.97. The summed E-state index contributed by atoms with van der Waals surface area (Å²) in [5, 5.41) is 0. The molecular formula is C8H15N3. The van der Waals surface area contributed by atoms with Crippen molar-refractivity contribution in [2.45, 2.75) is 26.3 Å². The highest BCUT2D eigenvalue weighted by Crippen LogP contribution is 2.00. The van der Waals surface area contributed by atoms with E-state index in [4.69, 9.17) is 5.73 Å². The third-order valence-electron chi connectivity index (χ3n) is 1.76. The van der Waals surface area contributed by atoms with Crippen LogP contribution >= 0.6 is 0 Å². The molecule has 0 aliphatic carbocycles. The van der Waals surface area contributed by atoms with Crippen molar-refractivity contribution in [3.05, 3.63) is 18.2 Å². The van der Waals surface area contributed by atoms with Crippen LogP contribution in [-0.2, 0) is 13.0 Å². The Balaban J connectivity index is 2.54. The normalized spacial score (nSPS) is 10.4. The highest BCUT2D eigenvalue weighted by Gasteiger charge is 1.96. The minimum atomic E-state index is 0.751. The Morgan fingerprint density at radius 1 is 1.64 bits per heavy atom. The second-order valence-corrected chi connectivity index (χ2v) is 2.57. The first kappa shape index (κ1) is 8.27. The van der Waals surface area contributed by atoms with E-state index in [-0.39, 0.29) is 0 Å². The van der Waals surface area contributed by atoms with Gasteiger partial charge in [0.05, 0.1) is 6.33 Å². The molecule has 0 saturated carbocycles. The Morgan fingerprint density at radius 2 is 2.45 bits per heavy atom. The Kier molecular flexibility index (Phi) is 3.11. The maximum Gasteiger partial charge on any atom is 0.0948 e. The van der Waals surface area contributed by atoms with Crippen molar-refractivity contribution >= 4 is 0 Å². The quantitative estimate of drug-likeness (QED) is 0.695. The third-order valence-corrected chi connectivity index (χ3v) is 1.76. The molecule has 0 unspecified atom stereocenters. The minimum absolute atomic E-state index is 0.751. The van der Waals surface area contributed by atoms with Gasteiger partial charge < -0.3 is 10.3 Å². The molecule has 3 nitrogen and oxygen atoms in total. The molecule has 0 aliphatic heterocycles. The predicted molar refractivity (Wildman–Crippen MR) is 45.3 cm³/mol. The topological polar surface area (TPSA) is 43.8 Å². The predicted octanol–water partition coefficient (Wildman–Crippen LogP) is 0.794. The molecule has 3 heteroatoms. The lowest BCUT2D eigenvalue weighted by Crippen LogP contribution is -2.06. The fourth-order valence-corrected chi connectivity index (χ4v) is 1.11. The van der Waals surface area contributed by atoms with Crippen molar-refractivity contribution in [3.8, 4) is 0 Å². The van der Waals surface area contributed by atoms with Crippen molar-refractivity contribution in [2.75, 3.05) is 6.54 Å². The van der Waals surface area contributed by atoms with Gasteiger partial charge in [-0.05, 0) is 19.4 Å². The molecule has 0 amide bonds. The van der Waals surface area contributed by atoms with Crippen LogP contribution in [0.2, 0.25) is 0 Å². The van der Waals surface area contributed by atoms with E-state index in [0.29, 0.717) is 0 Å². The molecule has 0 saturated heterocycles. The fourth-order valence-electron chi connectivity index (χ4n) is 1.11. The first-order valence-electron chi connectivity index (χ1n) is 4.07. The molecule has 1 aromatic heterocycles. The highest BCUT2D eigenvalue weighted by atomic mass is 15.0. The maximum absolute atomic E-state index is 5.40. The average molecular weight is 153 g/mol. The van der Waals surface area contributed by atoms with Crippen LogP contribution in [0.3, 0.4) is 0 Å². The molecule has 0 atom stereocenters. The molecule has 11 heavy (non-hydrogen) atoms. The number of nitrogens with two attached hydrogens (primary N) is 1. The van der Waals surface area contributed by atoms with E-state index >= 15 is 0 Å². The number of nitrogens with zero attached hydrogens (tertiary/aromatic N) is 2. The van der Waals surface area contributed by atoms with Gasteiger partial charge in [-0.1, -0.05) is 6.92 Å². The number of hydrogen-bond acceptors (Lipinski definition) is 2. The number of rotatable bonds is 4. The second kappa shape index (κ2) is 4.13. The number of imidazole rings is 1. The van der Waals surface area contributed by atoms with Gasteiger partial charge in [0.15, 0.2) is 0 Å². The first-order chi connectivity index (χ1) is 5.38. The monoisotopic (exact) mass is 153 g/mol. The summed E-state index contributed by atoms with van der Waals surface area (Å²) in [4.78, 5) is 4.07. The van der Waals surface area contributed by atoms with Crippen molar-refractivity contribution < 1.29 is 0 Å². The molecule has 1 heterocycles. The SMILES string of the molecule is CCc1cncn1CCCN. The molecule has 0 spiro atoms. The van der Waals surface area contributed by atoms with Gasteiger partial charge in [0.25, 0.3) is 0 Å². The largest absolute Gasteiger partial charge is 0.335 e. The zero-order valence-corrected chi connectivity index (χ0v) is 6.95. The van der Waals surface area contributed by atoms with E-state index in [1.54, 1.807) is 0 Å². The lowest BCUT2D eigenvalue weighted by atomic mass is 10.3. The average Bonchev–Trinajstić information content (AvgIpc) is 2.47. The van der Waals surface area contributed by atoms with Crippen LogP contribution in [0.25, 0.3) is 0 Å². The first-order valence-corrected chi connectivity index (χ1v) is 4.07. The molecule has 62 valence electrons. The Hall–Kier alpha value is -0.830. The van der Waals surface area contributed by atoms with Crippen LogP contribution in [0.4, 0.5) is 0 Å². The van der Waals surface area contributed by atoms with Crippen molar-refractivity contribution in [1.82, 2.24) is 9.55 Å². The summed E-state index contributed by atoms with van der Waals surface area (Å²) >= 11 is 0. The second-order valence-electron chi connectivity index (χ2n) is 2.57. The molecule has 2 N–H and O–H groups in total. The van der Waals surface area contributed by atoms with Crippen LogP contribution in [0.1, 0.15) is 19.0 Å². The molecule has 0 bridgehead atoms. The summed E-state index contributed by atoms with van der Waals surface area (Å²) < 4.78 is 2.16. The molecular weight excluding hydrogens is 138 g/mol. The van der Waals surface area contributed by atoms with Crippen molar-refractivity contribution in [2.24, 2.45) is 5.73 Å². The summed E-state index contributed by atoms with van der Waals surface area (Å²) in [7, 11) is 0. The van der Waals surface area contributed by atoms with Gasteiger partial charge in [0.1, 0.15) is 0 Å². The molecule has 0 aliphatic rings. The lowest BCUT2D eigenvalue weighted by Gasteiger charge is -2.03. The lowest BCUT2D eigenvalue weighted by molar-refractivity contribution is 0.627. The van der Waals surface area contributed by atoms with Gasteiger partial charge in [0, 0.05) is 18.4 Å². The van der Waals surface area contributed by atoms with Gasteiger partial charge in [0.2, 0.25) is 0 Å². The van der Waals surface area contributed by atoms with E-state index in [1.807, 2.05) is 12.5 Å². The Bertz CT molecular complexity index is 205. The standard InChI is InChI=1S/C8H15N3/c1-2-8-6-10-7-11(8)5-3-4-9/h6-7H,2-5,9H2,1H3. The van der Waals surface area contributed by atoms with E-state index < -0.39 is 0 Å². The van der Waals surface area contributed by atoms with E-state index in [0.717, 1.165) is 25.9 Å². The Morgan fingerprint density at radius 3 is 3.09 bits per heavy atom. The zero-order chi connectivity index (χ0) is 8.10. The van der Waals surface area contributed by atoms with Crippen LogP contribution in [0.5, 0.6) is 0 Å². The van der Waals surface area contributed by atoms with Gasteiger partial charge in [-0.2, -0.15) is 0 Å². The zero-order valence-electron chi connectivity index (χ0n) is 6.95. The maximum atomic E-state index is 5.40. The van der Waals surface area contributed by atoms with Crippen LogP contribution in [0.15, 0.2) is 12.5 Å². The van der Waals surface area contributed by atoms with Gasteiger partial charge in [-0.3, -0.25) is 0 Å². The molecule has 1 rings (SSSR count). The molecule has 0 aromatic carbocycles. The van der Waals surface area contributed by atoms with Crippen LogP contribution in [-0.4, -0.2) is 16.1 Å². The summed E-state index contributed by atoms with van der Waals surface area (Å²) in [6, 6.07) is 0. The van der Waals surface area contributed by atoms with E-state index in [2.05, 4.69) is 16.5 Å². The summed E-state index contributed by atoms with van der Waals surface area (Å²) in [5.41, 5.74) is 6.69. The van der Waals surface area contributed by atoms with Crippen molar-refractivity contribution in [1.29, 1.82) is 0 Å². The Labute approximate surface area is 67.2 Å². The van der Waals surface area contributed by atoms with Crippen molar-refractivity contribution in [3.63, 3.8) is 0 Å². The van der Waals surface area contributed by atoms with Gasteiger partial charge >= 0.3 is 0 Å². The molecule has 0 fully saturated rings. The van der Waals surface area contributed by atoms with Gasteiger partial charge in [-0.15, -0.1) is 0 Å². The summed E-state index contributed by atoms with van der Waals surface area (Å²) in [6.07, 6.45) is 5.86. The van der Waals surface area contributed by atoms with E-state index in [9.17, 15) is 0 Å². The number of aryl methyl sites for hydroxylation is 2. The fraction of sp³-hybridized carbons (Fsp3) is 0.625. The molecule has 1 aromatic rings. The minimum Gasteiger partial charge on any atom is -0.335 e. The van der Waals surface area contributed by atoms with Gasteiger partial charge in [-0.25, -0.2) is 4.98 Å². The van der Waals surface area contributed by atoms with E-state index in [1.165, 1.54) is 5.69 Å². The number of hydrogen-bond donors (Lipinski definition) is 1. The number of aromatic nitrogens is 2. The van der Waals surface area contributed by atoms with Crippen LogP contribution < -0.4 is 5.73 Å². The molecule has 0 radical (unpaired) electrons. The summed E-state index contributed by atoms with van der Waals surface area (Å²) in [5.74, 6) is 0. The van der Waals surface area contributed by atoms with Crippen LogP contribution in [0, 0.1) is 0 Å². The third kappa shape index (κ3) is 2.05. The summed E-state index contributed by atoms with van der Waals surface area (Å²) in [6.45, 7) is 3.89. The smallest absolute Gasteiger partial charge is 0.0948 e.